The molecular formula is C11H10ClFN2O5S. The van der Waals surface area contributed by atoms with Gasteiger partial charge >= 0.3 is 5.69 Å². The van der Waals surface area contributed by atoms with Crippen molar-refractivity contribution in [3.8, 4) is 0 Å². The Bertz CT molecular complexity index is 716. The highest BCUT2D eigenvalue weighted by molar-refractivity contribution is 8.13. The van der Waals surface area contributed by atoms with E-state index >= 15 is 0 Å². The van der Waals surface area contributed by atoms with E-state index in [9.17, 15) is 27.7 Å². The van der Waals surface area contributed by atoms with Crippen molar-refractivity contribution in [1.29, 1.82) is 0 Å². The molecule has 1 saturated heterocycles. The molecule has 0 atom stereocenters. The monoisotopic (exact) mass is 336 g/mol. The molecule has 1 fully saturated rings. The van der Waals surface area contributed by atoms with E-state index < -0.39 is 36.3 Å². The van der Waals surface area contributed by atoms with Gasteiger partial charge in [-0.05, 0) is 18.9 Å². The van der Waals surface area contributed by atoms with Gasteiger partial charge in [0, 0.05) is 35.4 Å². The number of halogens is 2. The van der Waals surface area contributed by atoms with Crippen LogP contribution in [0.15, 0.2) is 17.0 Å². The fraction of sp³-hybridized carbons (Fsp3) is 0.364. The van der Waals surface area contributed by atoms with Crippen LogP contribution in [0.3, 0.4) is 0 Å². The van der Waals surface area contributed by atoms with E-state index in [1.165, 1.54) is 4.90 Å². The first-order valence-electron chi connectivity index (χ1n) is 5.93. The summed E-state index contributed by atoms with van der Waals surface area (Å²) >= 11 is 0. The number of likely N-dealkylation sites (tertiary alicyclic amines) is 1. The van der Waals surface area contributed by atoms with Crippen LogP contribution in [-0.4, -0.2) is 37.2 Å². The number of hydrogen-bond acceptors (Lipinski definition) is 5. The molecule has 1 aromatic carbocycles. The van der Waals surface area contributed by atoms with E-state index in [0.717, 1.165) is 25.0 Å². The molecule has 1 aliphatic heterocycles. The summed E-state index contributed by atoms with van der Waals surface area (Å²) in [5.41, 5.74) is -1.37. The van der Waals surface area contributed by atoms with Gasteiger partial charge in [-0.15, -0.1) is 0 Å². The van der Waals surface area contributed by atoms with Crippen LogP contribution in [0.4, 0.5) is 10.1 Å². The number of nitro benzene ring substituents is 1. The summed E-state index contributed by atoms with van der Waals surface area (Å²) in [4.78, 5) is 22.2. The highest BCUT2D eigenvalue weighted by Crippen LogP contribution is 2.29. The van der Waals surface area contributed by atoms with Crippen molar-refractivity contribution in [2.75, 3.05) is 13.1 Å². The molecule has 1 aromatic rings. The lowest BCUT2D eigenvalue weighted by molar-refractivity contribution is -0.387. The molecule has 1 heterocycles. The largest absolute Gasteiger partial charge is 0.339 e. The van der Waals surface area contributed by atoms with Crippen molar-refractivity contribution in [3.05, 3.63) is 33.6 Å². The fourth-order valence-electron chi connectivity index (χ4n) is 2.12. The van der Waals surface area contributed by atoms with Crippen LogP contribution in [0.25, 0.3) is 0 Å². The maximum atomic E-state index is 13.8. The number of rotatable bonds is 3. The Labute approximate surface area is 123 Å². The normalized spacial score (nSPS) is 15.2. The van der Waals surface area contributed by atoms with Crippen LogP contribution >= 0.6 is 10.7 Å². The third-order valence-electron chi connectivity index (χ3n) is 3.12. The predicted molar refractivity (Wildman–Crippen MR) is 71.2 cm³/mol. The predicted octanol–water partition coefficient (Wildman–Crippen LogP) is 1.90. The van der Waals surface area contributed by atoms with Gasteiger partial charge in [0.1, 0.15) is 4.90 Å². The van der Waals surface area contributed by atoms with E-state index in [0.29, 0.717) is 13.1 Å². The Morgan fingerprint density at radius 3 is 2.38 bits per heavy atom. The molecule has 1 aliphatic rings. The van der Waals surface area contributed by atoms with Crippen LogP contribution in [-0.2, 0) is 9.05 Å². The van der Waals surface area contributed by atoms with Crippen LogP contribution < -0.4 is 0 Å². The molecule has 0 bridgehead atoms. The van der Waals surface area contributed by atoms with Crippen LogP contribution in [0, 0.1) is 15.9 Å². The van der Waals surface area contributed by atoms with Gasteiger partial charge in [0.2, 0.25) is 5.82 Å². The minimum atomic E-state index is -4.55. The summed E-state index contributed by atoms with van der Waals surface area (Å²) < 4.78 is 36.4. The third kappa shape index (κ3) is 3.13. The maximum absolute atomic E-state index is 13.8. The van der Waals surface area contributed by atoms with Gasteiger partial charge in [0.05, 0.1) is 4.92 Å². The lowest BCUT2D eigenvalue weighted by Crippen LogP contribution is -2.28. The van der Waals surface area contributed by atoms with Crippen molar-refractivity contribution < 1.29 is 22.5 Å². The SMILES string of the molecule is O=C(c1cc([N+](=O)[O-])c(F)c(S(=O)(=O)Cl)c1)N1CCCC1. The maximum Gasteiger partial charge on any atom is 0.307 e. The molecule has 0 unspecified atom stereocenters. The van der Waals surface area contributed by atoms with Crippen molar-refractivity contribution >= 4 is 31.3 Å². The van der Waals surface area contributed by atoms with Gasteiger partial charge in [-0.25, -0.2) is 8.42 Å². The molecule has 10 heteroatoms. The molecule has 21 heavy (non-hydrogen) atoms. The molecular weight excluding hydrogens is 327 g/mol. The number of amides is 1. The molecule has 0 spiro atoms. The molecule has 0 aromatic heterocycles. The quantitative estimate of drug-likeness (QED) is 0.477. The minimum Gasteiger partial charge on any atom is -0.339 e. The molecule has 7 nitrogen and oxygen atoms in total. The average Bonchev–Trinajstić information content (AvgIpc) is 2.90. The summed E-state index contributed by atoms with van der Waals surface area (Å²) in [6.45, 7) is 0.930. The van der Waals surface area contributed by atoms with Crippen molar-refractivity contribution in [3.63, 3.8) is 0 Å². The zero-order chi connectivity index (χ0) is 15.8. The van der Waals surface area contributed by atoms with Crippen molar-refractivity contribution in [1.82, 2.24) is 4.90 Å². The second-order valence-electron chi connectivity index (χ2n) is 4.50. The number of nitro groups is 1. The number of benzene rings is 1. The van der Waals surface area contributed by atoms with Crippen LogP contribution in [0.5, 0.6) is 0 Å². The first-order valence-corrected chi connectivity index (χ1v) is 8.24. The van der Waals surface area contributed by atoms with Crippen molar-refractivity contribution in [2.24, 2.45) is 0 Å². The summed E-state index contributed by atoms with van der Waals surface area (Å²) in [5.74, 6) is -2.16. The van der Waals surface area contributed by atoms with E-state index in [4.69, 9.17) is 10.7 Å². The second kappa shape index (κ2) is 5.57. The zero-order valence-corrected chi connectivity index (χ0v) is 12.2. The lowest BCUT2D eigenvalue weighted by Gasteiger charge is -2.15. The molecule has 0 aliphatic carbocycles. The number of carbonyl (C=O) groups is 1. The first kappa shape index (κ1) is 15.6. The van der Waals surface area contributed by atoms with E-state index in [1.54, 1.807) is 0 Å². The van der Waals surface area contributed by atoms with Crippen LogP contribution in [0.2, 0.25) is 0 Å². The Kier molecular flexibility index (Phi) is 4.15. The lowest BCUT2D eigenvalue weighted by atomic mass is 10.1. The van der Waals surface area contributed by atoms with Gasteiger partial charge in [0.15, 0.2) is 0 Å². The highest BCUT2D eigenvalue weighted by Gasteiger charge is 2.30. The highest BCUT2D eigenvalue weighted by atomic mass is 35.7. The van der Waals surface area contributed by atoms with E-state index in [2.05, 4.69) is 0 Å². The Morgan fingerprint density at radius 1 is 1.33 bits per heavy atom. The molecule has 0 N–H and O–H groups in total. The molecule has 2 rings (SSSR count). The average molecular weight is 337 g/mol. The Morgan fingerprint density at radius 2 is 1.90 bits per heavy atom. The van der Waals surface area contributed by atoms with Gasteiger partial charge < -0.3 is 4.90 Å². The van der Waals surface area contributed by atoms with E-state index in [1.807, 2.05) is 0 Å². The summed E-state index contributed by atoms with van der Waals surface area (Å²) in [6.07, 6.45) is 1.57. The number of nitrogens with zero attached hydrogens (tertiary/aromatic N) is 2. The van der Waals surface area contributed by atoms with Gasteiger partial charge in [-0.1, -0.05) is 0 Å². The standard InChI is InChI=1S/C11H10ClFN2O5S/c12-21(19,20)9-6-7(5-8(10(9)13)15(17)18)11(16)14-3-1-2-4-14/h5-6H,1-4H2. The second-order valence-corrected chi connectivity index (χ2v) is 7.04. The summed E-state index contributed by atoms with van der Waals surface area (Å²) in [5, 5.41) is 10.8. The molecule has 0 saturated carbocycles. The first-order chi connectivity index (χ1) is 9.71. The van der Waals surface area contributed by atoms with Gasteiger partial charge in [-0.3, -0.25) is 14.9 Å². The third-order valence-corrected chi connectivity index (χ3v) is 4.44. The topological polar surface area (TPSA) is 97.6 Å². The smallest absolute Gasteiger partial charge is 0.307 e. The zero-order valence-electron chi connectivity index (χ0n) is 10.6. The van der Waals surface area contributed by atoms with Gasteiger partial charge in [-0.2, -0.15) is 4.39 Å². The Hall–Kier alpha value is -1.74. The molecule has 1 amide bonds. The van der Waals surface area contributed by atoms with E-state index in [-0.39, 0.29) is 5.56 Å². The summed E-state index contributed by atoms with van der Waals surface area (Å²) in [7, 11) is 0.515. The molecule has 114 valence electrons. The number of carbonyl (C=O) groups excluding carboxylic acids is 1. The van der Waals surface area contributed by atoms with Crippen LogP contribution in [0.1, 0.15) is 23.2 Å². The molecule has 0 radical (unpaired) electrons. The fourth-order valence-corrected chi connectivity index (χ4v) is 3.04. The minimum absolute atomic E-state index is 0.274. The summed E-state index contributed by atoms with van der Waals surface area (Å²) in [6, 6.07) is 1.45. The van der Waals surface area contributed by atoms with Gasteiger partial charge in [0.25, 0.3) is 15.0 Å². The Balaban J connectivity index is 2.59. The number of hydrogen-bond donors (Lipinski definition) is 0. The van der Waals surface area contributed by atoms with Crippen molar-refractivity contribution in [2.45, 2.75) is 17.7 Å².